The van der Waals surface area contributed by atoms with Crippen LogP contribution in [-0.4, -0.2) is 21.9 Å². The fourth-order valence-corrected chi connectivity index (χ4v) is 2.25. The van der Waals surface area contributed by atoms with Crippen LogP contribution in [0.4, 0.5) is 0 Å². The minimum atomic E-state index is 0.743. The normalized spacial score (nSPS) is 22.9. The summed E-state index contributed by atoms with van der Waals surface area (Å²) in [5, 5.41) is 4.25. The summed E-state index contributed by atoms with van der Waals surface area (Å²) in [4.78, 5) is 9.76. The molecule has 0 saturated heterocycles. The number of aryl methyl sites for hydroxylation is 1. The molecule has 4 nitrogen and oxygen atoms in total. The number of rotatable bonds is 3. The van der Waals surface area contributed by atoms with Crippen LogP contribution in [0.3, 0.4) is 0 Å². The predicted molar refractivity (Wildman–Crippen MR) is 61.3 cm³/mol. The topological polar surface area (TPSA) is 39.4 Å². The summed E-state index contributed by atoms with van der Waals surface area (Å²) in [5.74, 6) is 1.73. The Bertz CT molecular complexity index is 393. The molecular formula is C12H17N3O. The van der Waals surface area contributed by atoms with Crippen LogP contribution in [0.5, 0.6) is 0 Å². The zero-order chi connectivity index (χ0) is 10.8. The number of oxime groups is 1. The van der Waals surface area contributed by atoms with Crippen molar-refractivity contribution in [3.8, 4) is 0 Å². The second kappa shape index (κ2) is 4.28. The first-order valence-corrected chi connectivity index (χ1v) is 6.14. The molecule has 0 atom stereocenters. The van der Waals surface area contributed by atoms with Crippen molar-refractivity contribution in [3.63, 3.8) is 0 Å². The molecule has 0 unspecified atom stereocenters. The molecule has 1 fully saturated rings. The predicted octanol–water partition coefficient (Wildman–Crippen LogP) is 2.20. The highest BCUT2D eigenvalue weighted by molar-refractivity contribution is 5.97. The smallest absolute Gasteiger partial charge is 0.157 e. The van der Waals surface area contributed by atoms with Crippen LogP contribution >= 0.6 is 0 Å². The maximum absolute atomic E-state index is 5.44. The van der Waals surface area contributed by atoms with Gasteiger partial charge < -0.3 is 9.40 Å². The van der Waals surface area contributed by atoms with E-state index in [4.69, 9.17) is 4.84 Å². The SMILES string of the molecule is c1cn2c(n1)/C(=N\OCC1CCC1)CCC2. The van der Waals surface area contributed by atoms with E-state index in [-0.39, 0.29) is 0 Å². The van der Waals surface area contributed by atoms with Crippen molar-refractivity contribution < 1.29 is 4.84 Å². The number of nitrogens with zero attached hydrogens (tertiary/aromatic N) is 3. The third-order valence-corrected chi connectivity index (χ3v) is 3.50. The van der Waals surface area contributed by atoms with Crippen LogP contribution in [0.2, 0.25) is 0 Å². The molecule has 0 bridgehead atoms. The van der Waals surface area contributed by atoms with E-state index in [9.17, 15) is 0 Å². The van der Waals surface area contributed by atoms with Gasteiger partial charge in [-0.3, -0.25) is 0 Å². The van der Waals surface area contributed by atoms with E-state index in [2.05, 4.69) is 14.7 Å². The van der Waals surface area contributed by atoms with Gasteiger partial charge in [-0.1, -0.05) is 11.6 Å². The molecule has 1 aliphatic carbocycles. The molecule has 2 aliphatic rings. The Morgan fingerprint density at radius 2 is 2.38 bits per heavy atom. The Morgan fingerprint density at radius 1 is 1.44 bits per heavy atom. The minimum Gasteiger partial charge on any atom is -0.395 e. The summed E-state index contributed by atoms with van der Waals surface area (Å²) in [7, 11) is 0. The van der Waals surface area contributed by atoms with Gasteiger partial charge in [0.05, 0.1) is 0 Å². The molecule has 0 radical (unpaired) electrons. The Morgan fingerprint density at radius 3 is 3.19 bits per heavy atom. The lowest BCUT2D eigenvalue weighted by atomic mass is 9.86. The van der Waals surface area contributed by atoms with Crippen LogP contribution in [0.15, 0.2) is 17.5 Å². The first-order chi connectivity index (χ1) is 7.93. The van der Waals surface area contributed by atoms with E-state index in [1.54, 1.807) is 0 Å². The molecule has 1 saturated carbocycles. The van der Waals surface area contributed by atoms with E-state index in [0.717, 1.165) is 43.4 Å². The number of hydrogen-bond donors (Lipinski definition) is 0. The average Bonchev–Trinajstić information content (AvgIpc) is 2.70. The van der Waals surface area contributed by atoms with Crippen molar-refractivity contribution in [2.75, 3.05) is 6.61 Å². The lowest BCUT2D eigenvalue weighted by molar-refractivity contribution is 0.0751. The molecule has 16 heavy (non-hydrogen) atoms. The third kappa shape index (κ3) is 1.84. The summed E-state index contributed by atoms with van der Waals surface area (Å²) < 4.78 is 2.15. The highest BCUT2D eigenvalue weighted by atomic mass is 16.6. The Labute approximate surface area is 95.3 Å². The van der Waals surface area contributed by atoms with Crippen molar-refractivity contribution >= 4 is 5.71 Å². The van der Waals surface area contributed by atoms with E-state index in [1.165, 1.54) is 19.3 Å². The zero-order valence-corrected chi connectivity index (χ0v) is 9.43. The van der Waals surface area contributed by atoms with Gasteiger partial charge in [-0.15, -0.1) is 0 Å². The van der Waals surface area contributed by atoms with Gasteiger partial charge in [0.25, 0.3) is 0 Å². The van der Waals surface area contributed by atoms with Crippen LogP contribution in [0, 0.1) is 5.92 Å². The molecule has 0 N–H and O–H groups in total. The number of aromatic nitrogens is 2. The van der Waals surface area contributed by atoms with E-state index >= 15 is 0 Å². The molecule has 1 aromatic heterocycles. The zero-order valence-electron chi connectivity index (χ0n) is 9.43. The maximum atomic E-state index is 5.44. The summed E-state index contributed by atoms with van der Waals surface area (Å²) >= 11 is 0. The quantitative estimate of drug-likeness (QED) is 0.731. The van der Waals surface area contributed by atoms with Crippen molar-refractivity contribution in [2.24, 2.45) is 11.1 Å². The second-order valence-corrected chi connectivity index (χ2v) is 4.68. The lowest BCUT2D eigenvalue weighted by Gasteiger charge is -2.23. The standard InChI is InChI=1S/C12H17N3O/c1-3-10(4-1)9-16-14-11-5-2-7-15-8-6-13-12(11)15/h6,8,10H,1-5,7,9H2/b14-11-. The summed E-state index contributed by atoms with van der Waals surface area (Å²) in [5.41, 5.74) is 1.01. The van der Waals surface area contributed by atoms with Gasteiger partial charge in [0.2, 0.25) is 0 Å². The van der Waals surface area contributed by atoms with Gasteiger partial charge in [0, 0.05) is 18.9 Å². The first-order valence-electron chi connectivity index (χ1n) is 6.14. The largest absolute Gasteiger partial charge is 0.395 e. The fraction of sp³-hybridized carbons (Fsp3) is 0.667. The van der Waals surface area contributed by atoms with Gasteiger partial charge in [-0.25, -0.2) is 4.98 Å². The van der Waals surface area contributed by atoms with Gasteiger partial charge in [0.15, 0.2) is 5.82 Å². The molecule has 0 amide bonds. The van der Waals surface area contributed by atoms with Crippen molar-refractivity contribution in [1.29, 1.82) is 0 Å². The number of fused-ring (bicyclic) bond motifs is 1. The van der Waals surface area contributed by atoms with Crippen molar-refractivity contribution in [1.82, 2.24) is 9.55 Å². The highest BCUT2D eigenvalue weighted by Gasteiger charge is 2.19. The highest BCUT2D eigenvalue weighted by Crippen LogP contribution is 2.26. The van der Waals surface area contributed by atoms with Crippen LogP contribution in [0.1, 0.15) is 37.9 Å². The lowest BCUT2D eigenvalue weighted by Crippen LogP contribution is -2.20. The molecule has 1 aliphatic heterocycles. The molecular weight excluding hydrogens is 202 g/mol. The Balaban J connectivity index is 1.64. The maximum Gasteiger partial charge on any atom is 0.157 e. The first kappa shape index (κ1) is 9.87. The van der Waals surface area contributed by atoms with Gasteiger partial charge in [0.1, 0.15) is 12.3 Å². The molecule has 0 spiro atoms. The monoisotopic (exact) mass is 219 g/mol. The third-order valence-electron chi connectivity index (χ3n) is 3.50. The molecule has 0 aromatic carbocycles. The van der Waals surface area contributed by atoms with Gasteiger partial charge >= 0.3 is 0 Å². The van der Waals surface area contributed by atoms with E-state index in [0.29, 0.717) is 0 Å². The fourth-order valence-electron chi connectivity index (χ4n) is 2.25. The van der Waals surface area contributed by atoms with Gasteiger partial charge in [-0.2, -0.15) is 0 Å². The average molecular weight is 219 g/mol. The molecule has 4 heteroatoms. The van der Waals surface area contributed by atoms with Crippen molar-refractivity contribution in [2.45, 2.75) is 38.6 Å². The molecule has 1 aromatic rings. The number of hydrogen-bond acceptors (Lipinski definition) is 3. The molecule has 86 valence electrons. The van der Waals surface area contributed by atoms with Crippen LogP contribution in [-0.2, 0) is 11.4 Å². The van der Waals surface area contributed by atoms with Crippen molar-refractivity contribution in [3.05, 3.63) is 18.2 Å². The second-order valence-electron chi connectivity index (χ2n) is 4.68. The van der Waals surface area contributed by atoms with E-state index in [1.807, 2.05) is 12.4 Å². The summed E-state index contributed by atoms with van der Waals surface area (Å²) in [6.45, 7) is 1.83. The Hall–Kier alpha value is -1.32. The molecule has 2 heterocycles. The van der Waals surface area contributed by atoms with E-state index < -0.39 is 0 Å². The van der Waals surface area contributed by atoms with Crippen LogP contribution in [0.25, 0.3) is 0 Å². The van der Waals surface area contributed by atoms with Gasteiger partial charge in [-0.05, 0) is 31.6 Å². The number of imidazole rings is 1. The summed E-state index contributed by atoms with van der Waals surface area (Å²) in [6.07, 6.45) is 9.93. The Kier molecular flexibility index (Phi) is 2.64. The summed E-state index contributed by atoms with van der Waals surface area (Å²) in [6, 6.07) is 0. The minimum absolute atomic E-state index is 0.743. The molecule has 3 rings (SSSR count). The van der Waals surface area contributed by atoms with Crippen LogP contribution < -0.4 is 0 Å².